The summed E-state index contributed by atoms with van der Waals surface area (Å²) in [6.07, 6.45) is 3.61. The number of nitrogens with one attached hydrogen (secondary N) is 1. The molecule has 1 N–H and O–H groups in total. The lowest BCUT2D eigenvalue weighted by molar-refractivity contribution is 0.0595. The van der Waals surface area contributed by atoms with Crippen LogP contribution in [0.25, 0.3) is 0 Å². The number of likely N-dealkylation sites (N-methyl/N-ethyl adjacent to an activating group) is 1. The van der Waals surface area contributed by atoms with Gasteiger partial charge in [-0.2, -0.15) is 0 Å². The predicted molar refractivity (Wildman–Crippen MR) is 90.5 cm³/mol. The number of aromatic nitrogens is 2. The van der Waals surface area contributed by atoms with Gasteiger partial charge in [0.15, 0.2) is 0 Å². The summed E-state index contributed by atoms with van der Waals surface area (Å²) >= 11 is 5.91. The summed E-state index contributed by atoms with van der Waals surface area (Å²) in [4.78, 5) is 16.0. The van der Waals surface area contributed by atoms with E-state index in [1.807, 2.05) is 17.8 Å². The number of carbonyl (C=O) groups is 1. The van der Waals surface area contributed by atoms with E-state index in [0.717, 1.165) is 18.9 Å². The maximum Gasteiger partial charge on any atom is 0.341 e. The van der Waals surface area contributed by atoms with Gasteiger partial charge in [0, 0.05) is 30.5 Å². The van der Waals surface area contributed by atoms with Crippen molar-refractivity contribution in [3.8, 4) is 5.75 Å². The molecule has 23 heavy (non-hydrogen) atoms. The highest BCUT2D eigenvalue weighted by atomic mass is 35.5. The molecule has 0 unspecified atom stereocenters. The third kappa shape index (κ3) is 5.13. The Labute approximate surface area is 146 Å². The van der Waals surface area contributed by atoms with Crippen molar-refractivity contribution in [3.05, 3.63) is 47.0 Å². The summed E-state index contributed by atoms with van der Waals surface area (Å²) < 4.78 is 12.4. The van der Waals surface area contributed by atoms with Crippen LogP contribution in [0, 0.1) is 0 Å². The molecule has 0 amide bonds. The number of imidazole rings is 1. The first-order chi connectivity index (χ1) is 10.7. The van der Waals surface area contributed by atoms with Gasteiger partial charge in [-0.05, 0) is 25.2 Å². The zero-order chi connectivity index (χ0) is 15.9. The van der Waals surface area contributed by atoms with Crippen LogP contribution in [-0.4, -0.2) is 36.2 Å². The number of hydrogen-bond donors (Lipinski definition) is 1. The van der Waals surface area contributed by atoms with Gasteiger partial charge in [-0.3, -0.25) is 0 Å². The molecule has 0 bridgehead atoms. The lowest BCUT2D eigenvalue weighted by Gasteiger charge is -2.12. The Hall–Kier alpha value is -1.76. The van der Waals surface area contributed by atoms with Crippen LogP contribution in [0.2, 0.25) is 5.02 Å². The standard InChI is InChI=1S/C15H18ClN3O3.ClH/c1-17-5-7-19-8-6-18-14(19)10-22-13-4-3-11(16)9-12(13)15(20)21-2;/h3-4,6,8-9,17H,5,7,10H2,1-2H3;1H. The summed E-state index contributed by atoms with van der Waals surface area (Å²) in [6, 6.07) is 4.84. The van der Waals surface area contributed by atoms with Gasteiger partial charge < -0.3 is 19.4 Å². The number of ether oxygens (including phenoxy) is 2. The Morgan fingerprint density at radius 2 is 2.22 bits per heavy atom. The van der Waals surface area contributed by atoms with Gasteiger partial charge in [0.05, 0.1) is 7.11 Å². The fourth-order valence-electron chi connectivity index (χ4n) is 1.96. The Bertz CT molecular complexity index is 647. The summed E-state index contributed by atoms with van der Waals surface area (Å²) in [5.41, 5.74) is 0.295. The van der Waals surface area contributed by atoms with Crippen LogP contribution in [0.15, 0.2) is 30.6 Å². The highest BCUT2D eigenvalue weighted by Crippen LogP contribution is 2.24. The van der Waals surface area contributed by atoms with Crippen molar-refractivity contribution in [1.82, 2.24) is 14.9 Å². The summed E-state index contributed by atoms with van der Waals surface area (Å²) in [5, 5.41) is 3.53. The maximum atomic E-state index is 11.8. The molecule has 6 nitrogen and oxygen atoms in total. The van der Waals surface area contributed by atoms with E-state index in [1.54, 1.807) is 18.3 Å². The minimum atomic E-state index is -0.490. The van der Waals surface area contributed by atoms with Crippen LogP contribution in [0.1, 0.15) is 16.2 Å². The Balaban J connectivity index is 0.00000264. The Morgan fingerprint density at radius 3 is 2.91 bits per heavy atom. The molecule has 0 aliphatic heterocycles. The molecule has 1 aromatic carbocycles. The number of hydrogen-bond acceptors (Lipinski definition) is 5. The first-order valence-electron chi connectivity index (χ1n) is 6.81. The third-order valence-corrected chi connectivity index (χ3v) is 3.34. The molecule has 2 aromatic rings. The second-order valence-corrected chi connectivity index (χ2v) is 5.00. The van der Waals surface area contributed by atoms with Crippen molar-refractivity contribution in [1.29, 1.82) is 0 Å². The summed E-state index contributed by atoms with van der Waals surface area (Å²) in [6.45, 7) is 1.87. The first-order valence-corrected chi connectivity index (χ1v) is 7.18. The number of nitrogens with zero attached hydrogens (tertiary/aromatic N) is 2. The molecular formula is C15H19Cl2N3O3. The predicted octanol–water partition coefficient (Wildman–Crippen LogP) is 2.54. The quantitative estimate of drug-likeness (QED) is 0.769. The molecule has 126 valence electrons. The Morgan fingerprint density at radius 1 is 1.43 bits per heavy atom. The largest absolute Gasteiger partial charge is 0.485 e. The second-order valence-electron chi connectivity index (χ2n) is 4.56. The molecule has 1 heterocycles. The van der Waals surface area contributed by atoms with Crippen LogP contribution in [0.4, 0.5) is 0 Å². The highest BCUT2D eigenvalue weighted by molar-refractivity contribution is 6.31. The van der Waals surface area contributed by atoms with Crippen molar-refractivity contribution in [2.24, 2.45) is 0 Å². The molecule has 0 aliphatic carbocycles. The number of carbonyl (C=O) groups excluding carboxylic acids is 1. The van der Waals surface area contributed by atoms with E-state index in [0.29, 0.717) is 16.3 Å². The van der Waals surface area contributed by atoms with Crippen molar-refractivity contribution >= 4 is 30.0 Å². The maximum absolute atomic E-state index is 11.8. The van der Waals surface area contributed by atoms with Crippen molar-refractivity contribution < 1.29 is 14.3 Å². The number of esters is 1. The number of benzene rings is 1. The molecule has 2 rings (SSSR count). The van der Waals surface area contributed by atoms with E-state index >= 15 is 0 Å². The lowest BCUT2D eigenvalue weighted by Crippen LogP contribution is -2.17. The number of rotatable bonds is 7. The first kappa shape index (κ1) is 19.3. The number of halogens is 2. The van der Waals surface area contributed by atoms with Gasteiger partial charge in [-0.25, -0.2) is 9.78 Å². The van der Waals surface area contributed by atoms with E-state index in [4.69, 9.17) is 21.1 Å². The van der Waals surface area contributed by atoms with Crippen molar-refractivity contribution in [2.45, 2.75) is 13.2 Å². The summed E-state index contributed by atoms with van der Waals surface area (Å²) in [7, 11) is 3.21. The van der Waals surface area contributed by atoms with Crippen LogP contribution in [0.3, 0.4) is 0 Å². The van der Waals surface area contributed by atoms with Gasteiger partial charge in [0.1, 0.15) is 23.7 Å². The molecule has 1 aromatic heterocycles. The molecule has 0 radical (unpaired) electrons. The average Bonchev–Trinajstić information content (AvgIpc) is 2.98. The van der Waals surface area contributed by atoms with Crippen LogP contribution in [0.5, 0.6) is 5.75 Å². The zero-order valence-electron chi connectivity index (χ0n) is 12.9. The summed E-state index contributed by atoms with van der Waals surface area (Å²) in [5.74, 6) is 0.705. The van der Waals surface area contributed by atoms with Crippen molar-refractivity contribution in [3.63, 3.8) is 0 Å². The van der Waals surface area contributed by atoms with Gasteiger partial charge >= 0.3 is 5.97 Å². The molecule has 8 heteroatoms. The van der Waals surface area contributed by atoms with E-state index in [1.165, 1.54) is 13.2 Å². The second kappa shape index (κ2) is 9.39. The fraction of sp³-hybridized carbons (Fsp3) is 0.333. The normalized spacial score (nSPS) is 10.0. The highest BCUT2D eigenvalue weighted by Gasteiger charge is 2.14. The molecular weight excluding hydrogens is 341 g/mol. The molecule has 0 atom stereocenters. The topological polar surface area (TPSA) is 65.4 Å². The van der Waals surface area contributed by atoms with E-state index in [9.17, 15) is 4.79 Å². The van der Waals surface area contributed by atoms with E-state index in [2.05, 4.69) is 10.3 Å². The smallest absolute Gasteiger partial charge is 0.341 e. The molecule has 0 fully saturated rings. The zero-order valence-corrected chi connectivity index (χ0v) is 14.5. The van der Waals surface area contributed by atoms with Crippen LogP contribution >= 0.6 is 24.0 Å². The third-order valence-electron chi connectivity index (χ3n) is 3.11. The molecule has 0 saturated heterocycles. The van der Waals surface area contributed by atoms with Gasteiger partial charge in [0.2, 0.25) is 0 Å². The minimum Gasteiger partial charge on any atom is -0.485 e. The number of methoxy groups -OCH3 is 1. The SMILES string of the molecule is CNCCn1ccnc1COc1ccc(Cl)cc1C(=O)OC.Cl. The van der Waals surface area contributed by atoms with E-state index in [-0.39, 0.29) is 19.0 Å². The van der Waals surface area contributed by atoms with Crippen LogP contribution in [-0.2, 0) is 17.9 Å². The van der Waals surface area contributed by atoms with Gasteiger partial charge in [-0.1, -0.05) is 11.6 Å². The monoisotopic (exact) mass is 359 g/mol. The molecule has 0 spiro atoms. The van der Waals surface area contributed by atoms with E-state index < -0.39 is 5.97 Å². The molecule has 0 saturated carbocycles. The fourth-order valence-corrected chi connectivity index (χ4v) is 2.13. The Kier molecular flexibility index (Phi) is 7.88. The average molecular weight is 360 g/mol. The van der Waals surface area contributed by atoms with Gasteiger partial charge in [0.25, 0.3) is 0 Å². The molecule has 0 aliphatic rings. The lowest BCUT2D eigenvalue weighted by atomic mass is 10.2. The van der Waals surface area contributed by atoms with Crippen molar-refractivity contribution in [2.75, 3.05) is 20.7 Å². The van der Waals surface area contributed by atoms with Gasteiger partial charge in [-0.15, -0.1) is 12.4 Å². The minimum absolute atomic E-state index is 0. The van der Waals surface area contributed by atoms with Crippen LogP contribution < -0.4 is 10.1 Å².